The van der Waals surface area contributed by atoms with Crippen molar-refractivity contribution in [2.24, 2.45) is 11.5 Å². The van der Waals surface area contributed by atoms with Crippen LogP contribution in [-0.2, 0) is 14.4 Å². The van der Waals surface area contributed by atoms with E-state index in [1.165, 1.54) is 18.6 Å². The average Bonchev–Trinajstić information content (AvgIpc) is 2.43. The van der Waals surface area contributed by atoms with E-state index in [2.05, 4.69) is 15.3 Å². The quantitative estimate of drug-likeness (QED) is 0.484. The molecule has 1 unspecified atom stereocenters. The summed E-state index contributed by atoms with van der Waals surface area (Å²) in [6, 6.07) is -1.10. The van der Waals surface area contributed by atoms with Gasteiger partial charge in [0, 0.05) is 18.8 Å². The lowest BCUT2D eigenvalue weighted by Gasteiger charge is -2.14. The highest BCUT2D eigenvalue weighted by Crippen LogP contribution is 2.00. The van der Waals surface area contributed by atoms with Gasteiger partial charge in [-0.2, -0.15) is 0 Å². The second-order valence-corrected chi connectivity index (χ2v) is 3.85. The third-order valence-corrected chi connectivity index (χ3v) is 2.38. The SMILES string of the molecule is NC(=O)C(=O)CCC(NC(=O)c1cnccn1)C(N)=O. The Kier molecular flexibility index (Phi) is 5.27. The highest BCUT2D eigenvalue weighted by atomic mass is 16.2. The number of nitrogens with two attached hydrogens (primary N) is 2. The van der Waals surface area contributed by atoms with Crippen LogP contribution in [0.1, 0.15) is 23.3 Å². The van der Waals surface area contributed by atoms with E-state index in [4.69, 9.17) is 11.5 Å². The van der Waals surface area contributed by atoms with Crippen LogP contribution < -0.4 is 16.8 Å². The lowest BCUT2D eigenvalue weighted by Crippen LogP contribution is -2.45. The third kappa shape index (κ3) is 4.44. The molecule has 1 rings (SSSR count). The molecule has 1 aromatic rings. The Morgan fingerprint density at radius 2 is 1.90 bits per heavy atom. The van der Waals surface area contributed by atoms with Gasteiger partial charge in [0.25, 0.3) is 11.8 Å². The van der Waals surface area contributed by atoms with Gasteiger partial charge in [-0.3, -0.25) is 24.2 Å². The molecular weight excluding hydrogens is 266 g/mol. The minimum Gasteiger partial charge on any atom is -0.368 e. The molecule has 1 atom stereocenters. The van der Waals surface area contributed by atoms with Gasteiger partial charge in [-0.1, -0.05) is 0 Å². The zero-order valence-corrected chi connectivity index (χ0v) is 10.4. The summed E-state index contributed by atoms with van der Waals surface area (Å²) in [5.41, 5.74) is 9.89. The molecule has 0 radical (unpaired) electrons. The maximum absolute atomic E-state index is 11.7. The molecule has 0 saturated carbocycles. The Balaban J connectivity index is 2.64. The first-order valence-electron chi connectivity index (χ1n) is 5.60. The predicted molar refractivity (Wildman–Crippen MR) is 65.9 cm³/mol. The standard InChI is InChI=1S/C11H13N5O4/c12-9(18)6(1-2-8(17)10(13)19)16-11(20)7-5-14-3-4-15-7/h3-6H,1-2H2,(H2,12,18)(H2,13,19)(H,16,20). The van der Waals surface area contributed by atoms with Crippen LogP contribution in [-0.4, -0.2) is 39.5 Å². The second-order valence-electron chi connectivity index (χ2n) is 3.85. The van der Waals surface area contributed by atoms with Crippen molar-refractivity contribution in [2.45, 2.75) is 18.9 Å². The summed E-state index contributed by atoms with van der Waals surface area (Å²) in [5, 5.41) is 2.31. The molecule has 0 fully saturated rings. The second kappa shape index (κ2) is 6.92. The molecule has 1 aromatic heterocycles. The van der Waals surface area contributed by atoms with Crippen LogP contribution in [0.2, 0.25) is 0 Å². The van der Waals surface area contributed by atoms with E-state index >= 15 is 0 Å². The van der Waals surface area contributed by atoms with Crippen molar-refractivity contribution in [1.82, 2.24) is 15.3 Å². The molecule has 1 heterocycles. The van der Waals surface area contributed by atoms with Gasteiger partial charge in [-0.05, 0) is 6.42 Å². The minimum absolute atomic E-state index is 0.0000206. The molecule has 0 spiro atoms. The van der Waals surface area contributed by atoms with Crippen molar-refractivity contribution < 1.29 is 19.2 Å². The molecule has 106 valence electrons. The molecule has 0 saturated heterocycles. The summed E-state index contributed by atoms with van der Waals surface area (Å²) in [6.07, 6.45) is 3.49. The van der Waals surface area contributed by atoms with Crippen LogP contribution in [0.4, 0.5) is 0 Å². The normalized spacial score (nSPS) is 11.4. The molecule has 9 heteroatoms. The molecule has 0 aliphatic heterocycles. The molecule has 0 aromatic carbocycles. The fourth-order valence-corrected chi connectivity index (χ4v) is 1.33. The number of nitrogens with one attached hydrogen (secondary N) is 1. The Morgan fingerprint density at radius 3 is 2.40 bits per heavy atom. The van der Waals surface area contributed by atoms with Crippen molar-refractivity contribution >= 4 is 23.5 Å². The molecule has 20 heavy (non-hydrogen) atoms. The van der Waals surface area contributed by atoms with Gasteiger partial charge in [0.05, 0.1) is 6.20 Å². The van der Waals surface area contributed by atoms with Gasteiger partial charge in [0.2, 0.25) is 11.7 Å². The van der Waals surface area contributed by atoms with E-state index in [0.717, 1.165) is 0 Å². The maximum Gasteiger partial charge on any atom is 0.284 e. The fraction of sp³-hybridized carbons (Fsp3) is 0.273. The predicted octanol–water partition coefficient (Wildman–Crippen LogP) is -2.11. The smallest absolute Gasteiger partial charge is 0.284 e. The number of primary amides is 2. The lowest BCUT2D eigenvalue weighted by atomic mass is 10.1. The number of Topliss-reactive ketones (excluding diaryl/α,β-unsaturated/α-hetero) is 1. The van der Waals surface area contributed by atoms with Crippen LogP contribution in [0.15, 0.2) is 18.6 Å². The number of carbonyl (C=O) groups is 4. The van der Waals surface area contributed by atoms with Crippen molar-refractivity contribution in [3.63, 3.8) is 0 Å². The van der Waals surface area contributed by atoms with Crippen molar-refractivity contribution in [3.8, 4) is 0 Å². The molecule has 0 aliphatic rings. The number of aromatic nitrogens is 2. The summed E-state index contributed by atoms with van der Waals surface area (Å²) >= 11 is 0. The van der Waals surface area contributed by atoms with E-state index < -0.39 is 29.5 Å². The summed E-state index contributed by atoms with van der Waals surface area (Å²) in [7, 11) is 0. The van der Waals surface area contributed by atoms with Gasteiger partial charge < -0.3 is 16.8 Å². The Hall–Kier alpha value is -2.84. The number of hydrogen-bond acceptors (Lipinski definition) is 6. The minimum atomic E-state index is -1.10. The molecule has 9 nitrogen and oxygen atoms in total. The monoisotopic (exact) mass is 279 g/mol. The fourth-order valence-electron chi connectivity index (χ4n) is 1.33. The number of ketones is 1. The largest absolute Gasteiger partial charge is 0.368 e. The first-order valence-corrected chi connectivity index (χ1v) is 5.60. The number of hydrogen-bond donors (Lipinski definition) is 3. The van der Waals surface area contributed by atoms with Crippen LogP contribution in [0.5, 0.6) is 0 Å². The van der Waals surface area contributed by atoms with E-state index in [1.807, 2.05) is 0 Å². The summed E-state index contributed by atoms with van der Waals surface area (Å²) in [6.45, 7) is 0. The first-order chi connectivity index (χ1) is 9.41. The Bertz CT molecular complexity index is 531. The first kappa shape index (κ1) is 15.2. The molecule has 0 bridgehead atoms. The van der Waals surface area contributed by atoms with Crippen LogP contribution in [0, 0.1) is 0 Å². The number of rotatable bonds is 7. The number of nitrogens with zero attached hydrogens (tertiary/aromatic N) is 2. The van der Waals surface area contributed by atoms with Gasteiger partial charge in [-0.15, -0.1) is 0 Å². The number of carbonyl (C=O) groups excluding carboxylic acids is 4. The maximum atomic E-state index is 11.7. The molecule has 5 N–H and O–H groups in total. The van der Waals surface area contributed by atoms with Crippen molar-refractivity contribution in [2.75, 3.05) is 0 Å². The van der Waals surface area contributed by atoms with Gasteiger partial charge >= 0.3 is 0 Å². The van der Waals surface area contributed by atoms with Crippen molar-refractivity contribution in [3.05, 3.63) is 24.3 Å². The zero-order valence-electron chi connectivity index (χ0n) is 10.4. The highest BCUT2D eigenvalue weighted by Gasteiger charge is 2.21. The zero-order chi connectivity index (χ0) is 15.1. The van der Waals surface area contributed by atoms with E-state index in [1.54, 1.807) is 0 Å². The average molecular weight is 279 g/mol. The third-order valence-electron chi connectivity index (χ3n) is 2.38. The van der Waals surface area contributed by atoms with Crippen LogP contribution >= 0.6 is 0 Å². The van der Waals surface area contributed by atoms with Crippen LogP contribution in [0.3, 0.4) is 0 Å². The van der Waals surface area contributed by atoms with Gasteiger partial charge in [0.1, 0.15) is 11.7 Å². The van der Waals surface area contributed by atoms with E-state index in [-0.39, 0.29) is 18.5 Å². The number of amides is 3. The lowest BCUT2D eigenvalue weighted by molar-refractivity contribution is -0.136. The van der Waals surface area contributed by atoms with Crippen molar-refractivity contribution in [1.29, 1.82) is 0 Å². The molecule has 3 amide bonds. The van der Waals surface area contributed by atoms with Gasteiger partial charge in [-0.25, -0.2) is 4.98 Å². The Morgan fingerprint density at radius 1 is 1.20 bits per heavy atom. The molecule has 0 aliphatic carbocycles. The van der Waals surface area contributed by atoms with E-state index in [0.29, 0.717) is 0 Å². The van der Waals surface area contributed by atoms with E-state index in [9.17, 15) is 19.2 Å². The summed E-state index contributed by atoms with van der Waals surface area (Å²) in [4.78, 5) is 52.0. The van der Waals surface area contributed by atoms with Gasteiger partial charge in [0.15, 0.2) is 0 Å². The summed E-state index contributed by atoms with van der Waals surface area (Å²) in [5.74, 6) is -3.44. The topological polar surface area (TPSA) is 158 Å². The summed E-state index contributed by atoms with van der Waals surface area (Å²) < 4.78 is 0. The van der Waals surface area contributed by atoms with Crippen LogP contribution in [0.25, 0.3) is 0 Å². The molecular formula is C11H13N5O4. The highest BCUT2D eigenvalue weighted by molar-refractivity contribution is 6.35. The Labute approximate surface area is 113 Å².